The van der Waals surface area contributed by atoms with Gasteiger partial charge in [0, 0.05) is 11.8 Å². The van der Waals surface area contributed by atoms with Crippen molar-refractivity contribution >= 4 is 28.8 Å². The number of nitrogens with zero attached hydrogens (tertiary/aromatic N) is 1. The lowest BCUT2D eigenvalue weighted by atomic mass is 10.0. The summed E-state index contributed by atoms with van der Waals surface area (Å²) in [6, 6.07) is 23.8. The van der Waals surface area contributed by atoms with Crippen molar-refractivity contribution in [3.63, 3.8) is 0 Å². The second-order valence-corrected chi connectivity index (χ2v) is 6.75. The van der Waals surface area contributed by atoms with Crippen LogP contribution in [-0.2, 0) is 9.59 Å². The fraction of sp³-hybridized carbons (Fsp3) is 0.0833. The average Bonchev–Trinajstić information content (AvgIpc) is 2.99. The number of hydrogen-bond acceptors (Lipinski definition) is 4. The number of nitrogens with one attached hydrogen (secondary N) is 1. The molecule has 0 saturated carbocycles. The summed E-state index contributed by atoms with van der Waals surface area (Å²) in [6.07, 6.45) is 0. The predicted octanol–water partition coefficient (Wildman–Crippen LogP) is 4.40. The van der Waals surface area contributed by atoms with Crippen molar-refractivity contribution in [3.05, 3.63) is 95.7 Å². The van der Waals surface area contributed by atoms with E-state index in [-0.39, 0.29) is 11.6 Å². The van der Waals surface area contributed by atoms with Gasteiger partial charge in [0.15, 0.2) is 0 Å². The van der Waals surface area contributed by atoms with Crippen LogP contribution in [0.4, 0.5) is 11.4 Å². The highest BCUT2D eigenvalue weighted by atomic mass is 16.5. The number of aryl methyl sites for hydroxylation is 1. The molecule has 1 aliphatic heterocycles. The van der Waals surface area contributed by atoms with Gasteiger partial charge >= 0.3 is 0 Å². The van der Waals surface area contributed by atoms with Crippen molar-refractivity contribution in [2.24, 2.45) is 0 Å². The van der Waals surface area contributed by atoms with Gasteiger partial charge < -0.3 is 10.1 Å². The maximum absolute atomic E-state index is 13.4. The summed E-state index contributed by atoms with van der Waals surface area (Å²) < 4.78 is 5.25. The number of ether oxygens (including phenoxy) is 1. The molecule has 0 saturated heterocycles. The Bertz CT molecular complexity index is 1100. The van der Waals surface area contributed by atoms with Crippen LogP contribution >= 0.6 is 0 Å². The average molecular weight is 384 g/mol. The minimum Gasteiger partial charge on any atom is -0.497 e. The third-order valence-electron chi connectivity index (χ3n) is 4.78. The molecule has 0 bridgehead atoms. The molecule has 0 fully saturated rings. The molecule has 0 radical (unpaired) electrons. The summed E-state index contributed by atoms with van der Waals surface area (Å²) in [6.45, 7) is 1.98. The minimum absolute atomic E-state index is 0.257. The molecule has 2 amide bonds. The third-order valence-corrected chi connectivity index (χ3v) is 4.78. The van der Waals surface area contributed by atoms with Crippen LogP contribution in [0.1, 0.15) is 11.1 Å². The van der Waals surface area contributed by atoms with Crippen LogP contribution in [0.25, 0.3) is 5.57 Å². The smallest absolute Gasteiger partial charge is 0.282 e. The Labute approximate surface area is 169 Å². The Morgan fingerprint density at radius 1 is 0.828 bits per heavy atom. The fourth-order valence-corrected chi connectivity index (χ4v) is 3.28. The van der Waals surface area contributed by atoms with Crippen LogP contribution in [0, 0.1) is 6.92 Å². The molecule has 1 N–H and O–H groups in total. The van der Waals surface area contributed by atoms with Crippen LogP contribution in [0.15, 0.2) is 84.6 Å². The van der Waals surface area contributed by atoms with Crippen LogP contribution in [0.2, 0.25) is 0 Å². The van der Waals surface area contributed by atoms with Crippen LogP contribution in [0.3, 0.4) is 0 Å². The number of carbonyl (C=O) groups is 2. The number of anilines is 2. The zero-order chi connectivity index (χ0) is 20.4. The summed E-state index contributed by atoms with van der Waals surface area (Å²) in [5.74, 6) is -0.197. The molecule has 0 aromatic heterocycles. The Morgan fingerprint density at radius 2 is 1.55 bits per heavy atom. The maximum Gasteiger partial charge on any atom is 0.282 e. The van der Waals surface area contributed by atoms with Gasteiger partial charge in [-0.05, 0) is 36.8 Å². The van der Waals surface area contributed by atoms with Crippen molar-refractivity contribution in [1.82, 2.24) is 0 Å². The maximum atomic E-state index is 13.4. The van der Waals surface area contributed by atoms with E-state index < -0.39 is 5.91 Å². The van der Waals surface area contributed by atoms with Crippen molar-refractivity contribution in [3.8, 4) is 5.75 Å². The monoisotopic (exact) mass is 384 g/mol. The molecular weight excluding hydrogens is 364 g/mol. The van der Waals surface area contributed by atoms with Gasteiger partial charge in [-0.3, -0.25) is 9.59 Å². The van der Waals surface area contributed by atoms with Gasteiger partial charge in [0.25, 0.3) is 11.8 Å². The number of amides is 2. The van der Waals surface area contributed by atoms with E-state index in [1.165, 1.54) is 4.90 Å². The zero-order valence-corrected chi connectivity index (χ0v) is 16.2. The van der Waals surface area contributed by atoms with Gasteiger partial charge in [-0.2, -0.15) is 0 Å². The molecule has 0 atom stereocenters. The van der Waals surface area contributed by atoms with E-state index in [9.17, 15) is 9.59 Å². The summed E-state index contributed by atoms with van der Waals surface area (Å²) in [5.41, 5.74) is 3.58. The van der Waals surface area contributed by atoms with Gasteiger partial charge in [0.2, 0.25) is 0 Å². The molecule has 29 heavy (non-hydrogen) atoms. The fourth-order valence-electron chi connectivity index (χ4n) is 3.28. The minimum atomic E-state index is -0.400. The van der Waals surface area contributed by atoms with Crippen molar-refractivity contribution in [1.29, 1.82) is 0 Å². The van der Waals surface area contributed by atoms with Gasteiger partial charge in [-0.15, -0.1) is 0 Å². The second kappa shape index (κ2) is 7.64. The van der Waals surface area contributed by atoms with E-state index in [1.807, 2.05) is 61.5 Å². The van der Waals surface area contributed by atoms with Crippen LogP contribution in [0.5, 0.6) is 5.75 Å². The van der Waals surface area contributed by atoms with Crippen molar-refractivity contribution < 1.29 is 14.3 Å². The number of benzene rings is 3. The third kappa shape index (κ3) is 3.50. The number of methoxy groups -OCH3 is 1. The second-order valence-electron chi connectivity index (χ2n) is 6.75. The quantitative estimate of drug-likeness (QED) is 0.663. The van der Waals surface area contributed by atoms with Gasteiger partial charge in [-0.25, -0.2) is 4.90 Å². The van der Waals surface area contributed by atoms with Crippen LogP contribution < -0.4 is 15.0 Å². The lowest BCUT2D eigenvalue weighted by Gasteiger charge is -2.16. The molecule has 3 aromatic carbocycles. The molecule has 0 spiro atoms. The molecule has 4 rings (SSSR count). The molecule has 0 unspecified atom stereocenters. The summed E-state index contributed by atoms with van der Waals surface area (Å²) >= 11 is 0. The molecule has 0 aliphatic carbocycles. The number of hydrogen-bond donors (Lipinski definition) is 1. The van der Waals surface area contributed by atoms with Crippen molar-refractivity contribution in [2.75, 3.05) is 17.3 Å². The molecule has 3 aromatic rings. The SMILES string of the molecule is COc1cccc(N2C(=O)C(Nc3ccccc3)=C(c3ccc(C)cc3)C2=O)c1. The largest absolute Gasteiger partial charge is 0.497 e. The van der Waals surface area contributed by atoms with Crippen molar-refractivity contribution in [2.45, 2.75) is 6.92 Å². The summed E-state index contributed by atoms with van der Waals surface area (Å²) in [5, 5.41) is 3.15. The van der Waals surface area contributed by atoms with E-state index in [0.29, 0.717) is 22.6 Å². The first-order chi connectivity index (χ1) is 14.1. The Kier molecular flexibility index (Phi) is 4.87. The number of imide groups is 1. The van der Waals surface area contributed by atoms with Crippen LogP contribution in [-0.4, -0.2) is 18.9 Å². The first kappa shape index (κ1) is 18.5. The Morgan fingerprint density at radius 3 is 2.24 bits per heavy atom. The highest BCUT2D eigenvalue weighted by Crippen LogP contribution is 2.34. The number of carbonyl (C=O) groups excluding carboxylic acids is 2. The molecule has 1 aliphatic rings. The van der Waals surface area contributed by atoms with E-state index in [1.54, 1.807) is 31.4 Å². The lowest BCUT2D eigenvalue weighted by Crippen LogP contribution is -2.32. The Balaban J connectivity index is 1.82. The Hall–Kier alpha value is -3.86. The zero-order valence-electron chi connectivity index (χ0n) is 16.2. The van der Waals surface area contributed by atoms with E-state index >= 15 is 0 Å². The molecule has 144 valence electrons. The molecule has 5 heteroatoms. The number of rotatable bonds is 5. The first-order valence-corrected chi connectivity index (χ1v) is 9.24. The van der Waals surface area contributed by atoms with Gasteiger partial charge in [0.05, 0.1) is 18.4 Å². The topological polar surface area (TPSA) is 58.6 Å². The first-order valence-electron chi connectivity index (χ1n) is 9.24. The molecular formula is C24H20N2O3. The number of para-hydroxylation sites is 1. The molecule has 1 heterocycles. The lowest BCUT2D eigenvalue weighted by molar-refractivity contribution is -0.120. The normalized spacial score (nSPS) is 13.8. The summed E-state index contributed by atoms with van der Waals surface area (Å²) in [7, 11) is 1.55. The highest BCUT2D eigenvalue weighted by Gasteiger charge is 2.40. The van der Waals surface area contributed by atoms with Gasteiger partial charge in [-0.1, -0.05) is 54.1 Å². The standard InChI is InChI=1S/C24H20N2O3/c1-16-11-13-17(14-12-16)21-22(25-18-7-4-3-5-8-18)24(28)26(23(21)27)19-9-6-10-20(15-19)29-2/h3-15,25H,1-2H3. The van der Waals surface area contributed by atoms with E-state index in [4.69, 9.17) is 4.74 Å². The predicted molar refractivity (Wildman–Crippen MR) is 114 cm³/mol. The highest BCUT2D eigenvalue weighted by molar-refractivity contribution is 6.46. The summed E-state index contributed by atoms with van der Waals surface area (Å²) in [4.78, 5) is 27.9. The van der Waals surface area contributed by atoms with E-state index in [2.05, 4.69) is 5.32 Å². The van der Waals surface area contributed by atoms with Gasteiger partial charge in [0.1, 0.15) is 11.4 Å². The molecule has 5 nitrogen and oxygen atoms in total. The van der Waals surface area contributed by atoms with E-state index in [0.717, 1.165) is 11.3 Å².